The summed E-state index contributed by atoms with van der Waals surface area (Å²) in [5, 5.41) is 10.6. The minimum absolute atomic E-state index is 0.0184. The molecule has 1 N–H and O–H groups in total. The van der Waals surface area contributed by atoms with Crippen molar-refractivity contribution in [1.82, 2.24) is 20.2 Å². The van der Waals surface area contributed by atoms with Crippen molar-refractivity contribution >= 4 is 17.6 Å². The second kappa shape index (κ2) is 8.65. The molecule has 3 aromatic rings. The number of halogens is 4. The normalized spacial score (nSPS) is 19.1. The fourth-order valence-electron chi connectivity index (χ4n) is 3.50. The van der Waals surface area contributed by atoms with Gasteiger partial charge in [0, 0.05) is 18.7 Å². The van der Waals surface area contributed by atoms with E-state index in [2.05, 4.69) is 25.5 Å². The van der Waals surface area contributed by atoms with Crippen LogP contribution in [0.1, 0.15) is 19.4 Å². The van der Waals surface area contributed by atoms with E-state index in [0.29, 0.717) is 30.2 Å². The topological polar surface area (TPSA) is 76.1 Å². The van der Waals surface area contributed by atoms with E-state index in [-0.39, 0.29) is 23.8 Å². The maximum absolute atomic E-state index is 14.4. The summed E-state index contributed by atoms with van der Waals surface area (Å²) in [6.45, 7) is 5.01. The smallest absolute Gasteiger partial charge is 0.372 e. The Labute approximate surface area is 181 Å². The molecule has 1 aromatic carbocycles. The summed E-state index contributed by atoms with van der Waals surface area (Å²) >= 11 is 0. The molecule has 0 radical (unpaired) electrons. The summed E-state index contributed by atoms with van der Waals surface area (Å²) in [7, 11) is 0. The lowest BCUT2D eigenvalue weighted by atomic mass is 10.1. The average Bonchev–Trinajstić information content (AvgIpc) is 2.74. The summed E-state index contributed by atoms with van der Waals surface area (Å²) in [5.74, 6) is -0.220. The average molecular weight is 448 g/mol. The lowest BCUT2D eigenvalue weighted by Gasteiger charge is -2.35. The van der Waals surface area contributed by atoms with Crippen molar-refractivity contribution in [1.29, 1.82) is 0 Å². The third kappa shape index (κ3) is 4.93. The Kier molecular flexibility index (Phi) is 5.92. The summed E-state index contributed by atoms with van der Waals surface area (Å²) in [5.41, 5.74) is 0.279. The molecule has 32 heavy (non-hydrogen) atoms. The summed E-state index contributed by atoms with van der Waals surface area (Å²) < 4.78 is 58.4. The first-order valence-corrected chi connectivity index (χ1v) is 9.89. The number of anilines is 3. The van der Waals surface area contributed by atoms with E-state index < -0.39 is 17.6 Å². The number of alkyl halides is 3. The lowest BCUT2D eigenvalue weighted by Crippen LogP contribution is -2.46. The van der Waals surface area contributed by atoms with Gasteiger partial charge in [0.15, 0.2) is 17.5 Å². The van der Waals surface area contributed by atoms with Crippen LogP contribution < -0.4 is 10.2 Å². The molecular formula is C21H20F4N6O. The Hall–Kier alpha value is -3.34. The number of nitrogens with one attached hydrogen (secondary N) is 1. The maximum atomic E-state index is 14.4. The predicted octanol–water partition coefficient (Wildman–Crippen LogP) is 4.45. The number of rotatable bonds is 4. The molecule has 0 aliphatic carbocycles. The quantitative estimate of drug-likeness (QED) is 0.591. The van der Waals surface area contributed by atoms with E-state index in [1.54, 1.807) is 6.07 Å². The van der Waals surface area contributed by atoms with Crippen LogP contribution in [0.3, 0.4) is 0 Å². The van der Waals surface area contributed by atoms with E-state index in [1.165, 1.54) is 18.3 Å². The summed E-state index contributed by atoms with van der Waals surface area (Å²) in [4.78, 5) is 10.3. The molecule has 11 heteroatoms. The van der Waals surface area contributed by atoms with Gasteiger partial charge in [-0.15, -0.1) is 5.10 Å². The highest BCUT2D eigenvalue weighted by molar-refractivity contribution is 5.67. The van der Waals surface area contributed by atoms with Gasteiger partial charge in [-0.25, -0.2) is 9.37 Å². The molecule has 0 spiro atoms. The minimum Gasteiger partial charge on any atom is -0.372 e. The first kappa shape index (κ1) is 21.9. The van der Waals surface area contributed by atoms with Crippen LogP contribution in [-0.2, 0) is 10.9 Å². The molecule has 2 atom stereocenters. The molecule has 168 valence electrons. The molecule has 2 aromatic heterocycles. The molecule has 0 saturated carbocycles. The molecule has 1 aliphatic heterocycles. The van der Waals surface area contributed by atoms with Crippen LogP contribution in [0.4, 0.5) is 35.1 Å². The molecule has 0 amide bonds. The third-order valence-corrected chi connectivity index (χ3v) is 4.88. The van der Waals surface area contributed by atoms with E-state index >= 15 is 0 Å². The number of hydrogen-bond acceptors (Lipinski definition) is 7. The second-order valence-corrected chi connectivity index (χ2v) is 7.56. The Bertz CT molecular complexity index is 1080. The zero-order valence-corrected chi connectivity index (χ0v) is 17.3. The fraction of sp³-hybridized carbons (Fsp3) is 0.333. The van der Waals surface area contributed by atoms with Gasteiger partial charge >= 0.3 is 6.18 Å². The van der Waals surface area contributed by atoms with Crippen molar-refractivity contribution in [2.45, 2.75) is 32.2 Å². The van der Waals surface area contributed by atoms with Crippen LogP contribution in [0.2, 0.25) is 0 Å². The van der Waals surface area contributed by atoms with Crippen LogP contribution in [0, 0.1) is 5.82 Å². The van der Waals surface area contributed by atoms with Gasteiger partial charge in [-0.05, 0) is 37.6 Å². The molecule has 1 fully saturated rings. The third-order valence-electron chi connectivity index (χ3n) is 4.88. The van der Waals surface area contributed by atoms with Crippen LogP contribution in [0.5, 0.6) is 0 Å². The summed E-state index contributed by atoms with van der Waals surface area (Å²) in [6.07, 6.45) is -1.97. The number of ether oxygens (including phenoxy) is 1. The van der Waals surface area contributed by atoms with Crippen molar-refractivity contribution in [3.05, 3.63) is 54.1 Å². The fourth-order valence-corrected chi connectivity index (χ4v) is 3.50. The van der Waals surface area contributed by atoms with Gasteiger partial charge in [-0.1, -0.05) is 12.1 Å². The molecule has 1 aliphatic rings. The highest BCUT2D eigenvalue weighted by Gasteiger charge is 2.30. The number of benzene rings is 1. The molecule has 3 heterocycles. The van der Waals surface area contributed by atoms with Crippen molar-refractivity contribution in [2.75, 3.05) is 23.3 Å². The van der Waals surface area contributed by atoms with Crippen molar-refractivity contribution in [3.63, 3.8) is 0 Å². The Morgan fingerprint density at radius 3 is 2.38 bits per heavy atom. The van der Waals surface area contributed by atoms with Gasteiger partial charge in [0.25, 0.3) is 0 Å². The number of nitrogens with zero attached hydrogens (tertiary/aromatic N) is 5. The molecule has 4 rings (SSSR count). The van der Waals surface area contributed by atoms with Crippen molar-refractivity contribution < 1.29 is 22.3 Å². The van der Waals surface area contributed by atoms with Gasteiger partial charge in [0.1, 0.15) is 0 Å². The van der Waals surface area contributed by atoms with Gasteiger partial charge in [-0.3, -0.25) is 0 Å². The largest absolute Gasteiger partial charge is 0.416 e. The zero-order valence-electron chi connectivity index (χ0n) is 17.3. The van der Waals surface area contributed by atoms with Crippen LogP contribution in [0.25, 0.3) is 11.1 Å². The highest BCUT2D eigenvalue weighted by Crippen LogP contribution is 2.31. The molecule has 0 unspecified atom stereocenters. The Morgan fingerprint density at radius 1 is 1.03 bits per heavy atom. The Balaban J connectivity index is 1.56. The van der Waals surface area contributed by atoms with E-state index in [0.717, 1.165) is 18.3 Å². The number of morpholine rings is 1. The first-order chi connectivity index (χ1) is 15.2. The van der Waals surface area contributed by atoms with E-state index in [4.69, 9.17) is 4.74 Å². The van der Waals surface area contributed by atoms with Crippen LogP contribution in [0.15, 0.2) is 42.7 Å². The highest BCUT2D eigenvalue weighted by atomic mass is 19.4. The van der Waals surface area contributed by atoms with Gasteiger partial charge < -0.3 is 15.0 Å². The first-order valence-electron chi connectivity index (χ1n) is 9.89. The number of aromatic nitrogens is 4. The van der Waals surface area contributed by atoms with Gasteiger partial charge in [-0.2, -0.15) is 23.3 Å². The van der Waals surface area contributed by atoms with Gasteiger partial charge in [0.05, 0.1) is 30.2 Å². The lowest BCUT2D eigenvalue weighted by molar-refractivity contribution is -0.137. The Morgan fingerprint density at radius 2 is 1.72 bits per heavy atom. The maximum Gasteiger partial charge on any atom is 0.416 e. The standard InChI is InChI=1S/C21H20F4N6O/c1-12-10-31(11-13(2)32-12)20-26-9-17(22)19(29-20)28-18-7-15(8-27-30-18)14-3-5-16(6-4-14)21(23,24)25/h3-9,12-13H,10-11H2,1-2H3,(H,26,28,29,30)/t12-,13+. The molecular weight excluding hydrogens is 428 g/mol. The molecule has 1 saturated heterocycles. The summed E-state index contributed by atoms with van der Waals surface area (Å²) in [6, 6.07) is 6.21. The van der Waals surface area contributed by atoms with Crippen LogP contribution >= 0.6 is 0 Å². The molecule has 7 nitrogen and oxygen atoms in total. The monoisotopic (exact) mass is 448 g/mol. The predicted molar refractivity (Wildman–Crippen MR) is 110 cm³/mol. The van der Waals surface area contributed by atoms with Crippen LogP contribution in [-0.4, -0.2) is 45.5 Å². The second-order valence-electron chi connectivity index (χ2n) is 7.56. The van der Waals surface area contributed by atoms with E-state index in [1.807, 2.05) is 18.7 Å². The minimum atomic E-state index is -4.42. The number of hydrogen-bond donors (Lipinski definition) is 1. The SMILES string of the molecule is C[C@@H]1CN(c2ncc(F)c(Nc3cc(-c4ccc(C(F)(F)F)cc4)cnn3)n2)C[C@H](C)O1. The molecule has 0 bridgehead atoms. The zero-order chi connectivity index (χ0) is 22.9. The van der Waals surface area contributed by atoms with Crippen molar-refractivity contribution in [3.8, 4) is 11.1 Å². The van der Waals surface area contributed by atoms with Gasteiger partial charge in [0.2, 0.25) is 5.95 Å². The van der Waals surface area contributed by atoms with E-state index in [9.17, 15) is 17.6 Å². The van der Waals surface area contributed by atoms with Crippen molar-refractivity contribution in [2.24, 2.45) is 0 Å².